The number of aryl methyl sites for hydroxylation is 1. The van der Waals surface area contributed by atoms with Crippen molar-refractivity contribution in [3.63, 3.8) is 0 Å². The number of esters is 2. The minimum Gasteiger partial charge on any atom is -0.743 e. The summed E-state index contributed by atoms with van der Waals surface area (Å²) >= 11 is 0. The van der Waals surface area contributed by atoms with Crippen molar-refractivity contribution in [2.75, 3.05) is 20.8 Å². The monoisotopic (exact) mass is 1370 g/mol. The van der Waals surface area contributed by atoms with Crippen molar-refractivity contribution in [2.45, 2.75) is 221 Å². The molecule has 5 aromatic carbocycles. The summed E-state index contributed by atoms with van der Waals surface area (Å²) < 4.78 is 165. The van der Waals surface area contributed by atoms with Crippen molar-refractivity contribution >= 4 is 43.1 Å². The van der Waals surface area contributed by atoms with E-state index < -0.39 is 42.4 Å². The van der Waals surface area contributed by atoms with Gasteiger partial charge in [-0.15, -0.1) is 0 Å². The summed E-state index contributed by atoms with van der Waals surface area (Å²) in [6.45, 7) is 24.6. The van der Waals surface area contributed by atoms with Crippen LogP contribution in [0, 0.1) is 23.7 Å². The van der Waals surface area contributed by atoms with Crippen LogP contribution in [-0.2, 0) is 54.9 Å². The number of fused-ring (bicyclic) bond motifs is 1. The third-order valence-electron chi connectivity index (χ3n) is 17.4. The van der Waals surface area contributed by atoms with E-state index in [0.29, 0.717) is 48.4 Å². The number of epoxide rings is 1. The number of hydrogen-bond donors (Lipinski definition) is 1. The predicted octanol–water partition coefficient (Wildman–Crippen LogP) is 17.5. The highest BCUT2D eigenvalue weighted by molar-refractivity contribution is 7.97. The van der Waals surface area contributed by atoms with Gasteiger partial charge in [0.2, 0.25) is 0 Å². The highest BCUT2D eigenvalue weighted by Gasteiger charge is 2.81. The summed E-state index contributed by atoms with van der Waals surface area (Å²) in [5.74, 6) is -4.92. The largest absolute Gasteiger partial charge is 0.743 e. The Morgan fingerprint density at radius 1 is 0.645 bits per heavy atom. The van der Waals surface area contributed by atoms with Gasteiger partial charge < -0.3 is 37.5 Å². The van der Waals surface area contributed by atoms with Crippen LogP contribution < -0.4 is 13.7 Å². The molecule has 2 aliphatic carbocycles. The molecule has 1 aliphatic heterocycles. The first-order valence-electron chi connectivity index (χ1n) is 31.4. The first-order chi connectivity index (χ1) is 43.3. The summed E-state index contributed by atoms with van der Waals surface area (Å²) in [6, 6.07) is 36.8. The van der Waals surface area contributed by atoms with E-state index in [-0.39, 0.29) is 45.2 Å². The van der Waals surface area contributed by atoms with Crippen LogP contribution in [0.2, 0.25) is 0 Å². The van der Waals surface area contributed by atoms with Crippen LogP contribution in [0.15, 0.2) is 136 Å². The Balaban J connectivity index is 0.000000256. The van der Waals surface area contributed by atoms with Crippen molar-refractivity contribution in [3.8, 4) is 23.0 Å². The van der Waals surface area contributed by atoms with Crippen LogP contribution in [0.5, 0.6) is 23.0 Å². The number of methoxy groups -OCH3 is 2. The molecule has 518 valence electrons. The lowest BCUT2D eigenvalue weighted by Crippen LogP contribution is -2.61. The number of rotatable bonds is 23. The van der Waals surface area contributed by atoms with Crippen molar-refractivity contribution in [1.82, 2.24) is 0 Å². The molecule has 3 aliphatic rings. The van der Waals surface area contributed by atoms with Crippen LogP contribution >= 0.6 is 0 Å². The molecule has 5 unspecified atom stereocenters. The summed E-state index contributed by atoms with van der Waals surface area (Å²) in [4.78, 5) is 27.5. The summed E-state index contributed by atoms with van der Waals surface area (Å²) in [5, 5.41) is -4.64. The highest BCUT2D eigenvalue weighted by Crippen LogP contribution is 2.51. The van der Waals surface area contributed by atoms with Gasteiger partial charge in [0.15, 0.2) is 24.8 Å². The molecule has 14 nitrogen and oxygen atoms in total. The highest BCUT2D eigenvalue weighted by atomic mass is 32.2. The Hall–Kier alpha value is -6.01. The van der Waals surface area contributed by atoms with Gasteiger partial charge >= 0.3 is 38.5 Å². The molecule has 1 saturated heterocycles. The van der Waals surface area contributed by atoms with Crippen LogP contribution in [0.4, 0.5) is 26.3 Å². The van der Waals surface area contributed by atoms with Crippen molar-refractivity contribution < 1.29 is 90.3 Å². The lowest BCUT2D eigenvalue weighted by atomic mass is 9.89. The molecule has 5 atom stereocenters. The molecule has 93 heavy (non-hydrogen) atoms. The van der Waals surface area contributed by atoms with E-state index in [9.17, 15) is 57.3 Å². The zero-order valence-corrected chi connectivity index (χ0v) is 58.3. The van der Waals surface area contributed by atoms with Gasteiger partial charge in [0, 0.05) is 12.1 Å². The SMILES string of the molecule is CCC(C)(C)C(=O)OCC1CCC2OC2C1.CCC(C)c1ccc(O)cc1.CCC(C)c1ccc(OS(=O)(=O)C(F)(F)C(F)(F)C(F)(F)S(=O)(=O)[O-])cc1.CCC1(OC(=O)C(C)(C)CC)CCCC1.COc1cccc([S+](c2cccc(C)c2)c2cccc(OC)c2)c1. The third-order valence-corrected chi connectivity index (χ3v) is 21.7. The Morgan fingerprint density at radius 2 is 1.11 bits per heavy atom. The maximum atomic E-state index is 13.6. The molecule has 0 bridgehead atoms. The van der Waals surface area contributed by atoms with Crippen LogP contribution in [-0.4, -0.2) is 93.5 Å². The van der Waals surface area contributed by atoms with E-state index in [1.165, 1.54) is 50.8 Å². The van der Waals surface area contributed by atoms with E-state index in [1.54, 1.807) is 33.3 Å². The summed E-state index contributed by atoms with van der Waals surface area (Å²) in [7, 11) is -10.9. The molecule has 8 rings (SSSR count). The number of phenolic OH excluding ortho intramolecular Hbond substituents is 1. The second-order valence-corrected chi connectivity index (χ2v) is 30.0. The molecular formula is C70H94F6O14S3. The average molecular weight is 1370 g/mol. The lowest BCUT2D eigenvalue weighted by molar-refractivity contribution is -0.247. The lowest BCUT2D eigenvalue weighted by Gasteiger charge is -2.32. The predicted molar refractivity (Wildman–Crippen MR) is 348 cm³/mol. The van der Waals surface area contributed by atoms with Crippen molar-refractivity contribution in [2.24, 2.45) is 16.7 Å². The van der Waals surface area contributed by atoms with Gasteiger partial charge in [0.1, 0.15) is 28.6 Å². The number of carbonyl (C=O) groups is 2. The van der Waals surface area contributed by atoms with E-state index in [0.717, 1.165) is 81.4 Å². The van der Waals surface area contributed by atoms with E-state index in [4.69, 9.17) is 28.8 Å². The molecule has 0 aromatic heterocycles. The molecule has 0 spiro atoms. The number of phenols is 1. The molecule has 2 saturated carbocycles. The maximum Gasteiger partial charge on any atom is 0.450 e. The number of benzene rings is 5. The second kappa shape index (κ2) is 34.1. The Labute approximate surface area is 550 Å². The summed E-state index contributed by atoms with van der Waals surface area (Å²) in [5.41, 5.74) is 2.37. The fraction of sp³-hybridized carbons (Fsp3) is 0.543. The standard InChI is InChI=1S/C21H21O2S.C13H14F6O6S2.C13H22O3.C13H24O2.C10H14O/c1-16-7-4-10-19(13-16)24(20-11-5-8-17(14-20)22-2)21-12-6-9-18(15-21)23-3;1-3-8(2)9-4-6-10(7-5-9)25-27(23,24)13(18,19)11(14,15)12(16,17)26(20,21)22;1-4-13(2,3)12(14)15-8-9-5-6-10-11(7-9)16-10;1-5-12(3,4)11(14)15-13(6-2)9-7-8-10-13;1-3-8(2)9-4-6-10(11)7-5-9/h4-15H,1-3H3;4-8H,3H2,1-2H3,(H,20,21,22);9-11H,4-8H2,1-3H3;5-10H2,1-4H3;4-8,11H,3H2,1-2H3/q+1;;;;/p-1. The topological polar surface area (TPSA) is 204 Å². The van der Waals surface area contributed by atoms with E-state index in [1.807, 2.05) is 84.9 Å². The van der Waals surface area contributed by atoms with Crippen LogP contribution in [0.25, 0.3) is 0 Å². The molecule has 1 heterocycles. The summed E-state index contributed by atoms with van der Waals surface area (Å²) in [6.07, 6.45) is 13.3. The molecule has 5 aromatic rings. The molecular weight excluding hydrogens is 1270 g/mol. The van der Waals surface area contributed by atoms with Gasteiger partial charge in [-0.1, -0.05) is 97.0 Å². The Morgan fingerprint density at radius 3 is 1.54 bits per heavy atom. The Kier molecular flexibility index (Phi) is 29.1. The third kappa shape index (κ3) is 21.5. The van der Waals surface area contributed by atoms with Gasteiger partial charge in [0.25, 0.3) is 0 Å². The minimum absolute atomic E-state index is 0.0197. The zero-order valence-electron chi connectivity index (χ0n) is 55.9. The molecule has 0 amide bonds. The molecule has 23 heteroatoms. The fourth-order valence-corrected chi connectivity index (χ4v) is 13.2. The van der Waals surface area contributed by atoms with Gasteiger partial charge in [0.05, 0.1) is 54.8 Å². The normalized spacial score (nSPS) is 17.7. The van der Waals surface area contributed by atoms with E-state index in [2.05, 4.69) is 80.4 Å². The van der Waals surface area contributed by atoms with E-state index >= 15 is 0 Å². The molecule has 0 radical (unpaired) electrons. The number of halogens is 6. The van der Waals surface area contributed by atoms with Crippen molar-refractivity contribution in [3.05, 3.63) is 138 Å². The van der Waals surface area contributed by atoms with Crippen LogP contribution in [0.1, 0.15) is 182 Å². The second-order valence-electron chi connectivity index (χ2n) is 25.0. The zero-order chi connectivity index (χ0) is 70.0. The number of ether oxygens (including phenoxy) is 5. The van der Waals surface area contributed by atoms with Gasteiger partial charge in [-0.2, -0.15) is 34.8 Å². The van der Waals surface area contributed by atoms with Crippen molar-refractivity contribution in [1.29, 1.82) is 0 Å². The molecule has 1 N–H and O–H groups in total. The maximum absolute atomic E-state index is 13.6. The minimum atomic E-state index is -7.33. The van der Waals surface area contributed by atoms with Crippen LogP contribution in [0.3, 0.4) is 0 Å². The Bertz CT molecular complexity index is 3350. The number of alkyl halides is 6. The average Bonchev–Trinajstić information content (AvgIpc) is 1.62. The molecule has 3 fully saturated rings. The number of aromatic hydroxyl groups is 1. The first-order valence-corrected chi connectivity index (χ1v) is 35.5. The quantitative estimate of drug-likeness (QED) is 0.0161. The van der Waals surface area contributed by atoms with Gasteiger partial charge in [-0.25, -0.2) is 8.42 Å². The van der Waals surface area contributed by atoms with Gasteiger partial charge in [-0.3, -0.25) is 9.59 Å². The first kappa shape index (κ1) is 79.4. The number of carbonyl (C=O) groups excluding carboxylic acids is 2. The van der Waals surface area contributed by atoms with Gasteiger partial charge in [-0.05, 0) is 207 Å². The smallest absolute Gasteiger partial charge is 0.450 e. The fourth-order valence-electron chi connectivity index (χ4n) is 9.59. The number of hydrogen-bond acceptors (Lipinski definition) is 14.